The molecule has 8 heteroatoms. The molecular weight excluding hydrogens is 386 g/mol. The van der Waals surface area contributed by atoms with Crippen LogP contribution in [-0.2, 0) is 4.79 Å². The lowest BCUT2D eigenvalue weighted by Crippen LogP contribution is -2.31. The Bertz CT molecular complexity index is 941. The normalized spacial score (nSPS) is 10.7. The summed E-state index contributed by atoms with van der Waals surface area (Å²) in [4.78, 5) is 18.4. The molecule has 1 amide bonds. The number of benzene rings is 1. The summed E-state index contributed by atoms with van der Waals surface area (Å²) in [5.41, 5.74) is 1.73. The summed E-state index contributed by atoms with van der Waals surface area (Å²) >= 11 is 1.38. The van der Waals surface area contributed by atoms with Gasteiger partial charge in [0.2, 0.25) is 5.91 Å². The van der Waals surface area contributed by atoms with Crippen molar-refractivity contribution < 1.29 is 9.53 Å². The van der Waals surface area contributed by atoms with Crippen LogP contribution in [0, 0.1) is 0 Å². The van der Waals surface area contributed by atoms with Crippen LogP contribution >= 0.6 is 11.8 Å². The standard InChI is InChI=1S/C21H25N5O2S/c1-4-25(5-2)19(27)15-29-21-24-23-20(16-11-13-22-14-12-16)26(21)17-9-7-8-10-18(17)28-6-3/h7-14H,4-6,15H2,1-3H3. The van der Waals surface area contributed by atoms with E-state index in [9.17, 15) is 4.79 Å². The summed E-state index contributed by atoms with van der Waals surface area (Å²) in [7, 11) is 0. The summed E-state index contributed by atoms with van der Waals surface area (Å²) in [6.07, 6.45) is 3.44. The van der Waals surface area contributed by atoms with Gasteiger partial charge in [-0.3, -0.25) is 14.3 Å². The molecule has 2 aromatic heterocycles. The number of para-hydroxylation sites is 2. The van der Waals surface area contributed by atoms with Crippen LogP contribution < -0.4 is 4.74 Å². The average Bonchev–Trinajstić information content (AvgIpc) is 3.18. The van der Waals surface area contributed by atoms with Crippen LogP contribution in [0.15, 0.2) is 53.9 Å². The third-order valence-corrected chi connectivity index (χ3v) is 5.33. The molecule has 29 heavy (non-hydrogen) atoms. The van der Waals surface area contributed by atoms with E-state index in [1.807, 2.05) is 66.6 Å². The van der Waals surface area contributed by atoms with E-state index in [1.54, 1.807) is 12.4 Å². The van der Waals surface area contributed by atoms with Crippen molar-refractivity contribution in [2.75, 3.05) is 25.4 Å². The number of hydrogen-bond acceptors (Lipinski definition) is 6. The zero-order chi connectivity index (χ0) is 20.6. The molecule has 3 rings (SSSR count). The van der Waals surface area contributed by atoms with E-state index >= 15 is 0 Å². The fourth-order valence-electron chi connectivity index (χ4n) is 2.98. The minimum Gasteiger partial charge on any atom is -0.492 e. The predicted octanol–water partition coefficient (Wildman–Crippen LogP) is 3.69. The van der Waals surface area contributed by atoms with Crippen LogP contribution in [0.1, 0.15) is 20.8 Å². The summed E-state index contributed by atoms with van der Waals surface area (Å²) in [6, 6.07) is 11.5. The fourth-order valence-corrected chi connectivity index (χ4v) is 3.83. The first-order valence-corrected chi connectivity index (χ1v) is 10.7. The molecule has 0 aliphatic heterocycles. The molecule has 0 aliphatic carbocycles. The molecule has 0 atom stereocenters. The molecule has 0 saturated heterocycles. The van der Waals surface area contributed by atoms with Gasteiger partial charge in [-0.1, -0.05) is 23.9 Å². The van der Waals surface area contributed by atoms with Gasteiger partial charge in [-0.2, -0.15) is 0 Å². The summed E-state index contributed by atoms with van der Waals surface area (Å²) in [5.74, 6) is 1.80. The molecule has 0 N–H and O–H groups in total. The number of amides is 1. The van der Waals surface area contributed by atoms with Gasteiger partial charge in [0.1, 0.15) is 5.75 Å². The van der Waals surface area contributed by atoms with E-state index in [1.165, 1.54) is 11.8 Å². The van der Waals surface area contributed by atoms with Gasteiger partial charge >= 0.3 is 0 Å². The number of pyridine rings is 1. The second kappa shape index (κ2) is 10.1. The zero-order valence-corrected chi connectivity index (χ0v) is 17.7. The first-order chi connectivity index (χ1) is 14.2. The first kappa shape index (κ1) is 20.9. The Morgan fingerprint density at radius 2 is 1.79 bits per heavy atom. The van der Waals surface area contributed by atoms with E-state index in [4.69, 9.17) is 4.74 Å². The number of carbonyl (C=O) groups is 1. The molecule has 7 nitrogen and oxygen atoms in total. The van der Waals surface area contributed by atoms with Crippen LogP contribution in [0.5, 0.6) is 5.75 Å². The molecule has 152 valence electrons. The van der Waals surface area contributed by atoms with Crippen molar-refractivity contribution in [1.29, 1.82) is 0 Å². The van der Waals surface area contributed by atoms with Crippen molar-refractivity contribution in [2.24, 2.45) is 0 Å². The summed E-state index contributed by atoms with van der Waals surface area (Å²) in [6.45, 7) is 7.84. The number of hydrogen-bond donors (Lipinski definition) is 0. The highest BCUT2D eigenvalue weighted by Crippen LogP contribution is 2.32. The Balaban J connectivity index is 2.02. The van der Waals surface area contributed by atoms with Crippen LogP contribution in [0.25, 0.3) is 17.1 Å². The van der Waals surface area contributed by atoms with Crippen LogP contribution in [-0.4, -0.2) is 56.0 Å². The van der Waals surface area contributed by atoms with Gasteiger partial charge < -0.3 is 9.64 Å². The lowest BCUT2D eigenvalue weighted by Gasteiger charge is -2.18. The minimum atomic E-state index is 0.0816. The third kappa shape index (κ3) is 4.76. The molecule has 0 saturated carbocycles. The SMILES string of the molecule is CCOc1ccccc1-n1c(SCC(=O)N(CC)CC)nnc1-c1ccncc1. The second-order valence-corrected chi connectivity index (χ2v) is 7.08. The lowest BCUT2D eigenvalue weighted by atomic mass is 10.2. The van der Waals surface area contributed by atoms with Crippen LogP contribution in [0.2, 0.25) is 0 Å². The van der Waals surface area contributed by atoms with Gasteiger partial charge in [0.25, 0.3) is 0 Å². The van der Waals surface area contributed by atoms with Gasteiger partial charge in [-0.05, 0) is 45.0 Å². The Morgan fingerprint density at radius 1 is 1.07 bits per heavy atom. The number of thioether (sulfide) groups is 1. The largest absolute Gasteiger partial charge is 0.492 e. The van der Waals surface area contributed by atoms with Gasteiger partial charge in [0.05, 0.1) is 18.0 Å². The highest BCUT2D eigenvalue weighted by molar-refractivity contribution is 7.99. The number of rotatable bonds is 9. The highest BCUT2D eigenvalue weighted by Gasteiger charge is 2.20. The van der Waals surface area contributed by atoms with Crippen LogP contribution in [0.3, 0.4) is 0 Å². The Labute approximate surface area is 175 Å². The molecule has 0 aliphatic rings. The van der Waals surface area contributed by atoms with Gasteiger partial charge in [-0.15, -0.1) is 10.2 Å². The van der Waals surface area contributed by atoms with Crippen LogP contribution in [0.4, 0.5) is 0 Å². The number of carbonyl (C=O) groups excluding carboxylic acids is 1. The van der Waals surface area contributed by atoms with Gasteiger partial charge in [0.15, 0.2) is 11.0 Å². The second-order valence-electron chi connectivity index (χ2n) is 6.13. The molecule has 0 fully saturated rings. The molecule has 0 radical (unpaired) electrons. The fraction of sp³-hybridized carbons (Fsp3) is 0.333. The molecule has 0 unspecified atom stereocenters. The van der Waals surface area contributed by atoms with Crippen molar-refractivity contribution in [3.63, 3.8) is 0 Å². The maximum absolute atomic E-state index is 12.5. The van der Waals surface area contributed by atoms with Crippen molar-refractivity contribution in [3.8, 4) is 22.8 Å². The minimum absolute atomic E-state index is 0.0816. The topological polar surface area (TPSA) is 73.1 Å². The highest BCUT2D eigenvalue weighted by atomic mass is 32.2. The predicted molar refractivity (Wildman–Crippen MR) is 114 cm³/mol. The smallest absolute Gasteiger partial charge is 0.233 e. The molecule has 0 bridgehead atoms. The lowest BCUT2D eigenvalue weighted by molar-refractivity contribution is -0.127. The van der Waals surface area contributed by atoms with Crippen molar-refractivity contribution in [1.82, 2.24) is 24.6 Å². The molecule has 1 aromatic carbocycles. The molecule has 0 spiro atoms. The number of nitrogens with zero attached hydrogens (tertiary/aromatic N) is 5. The average molecular weight is 412 g/mol. The summed E-state index contributed by atoms with van der Waals surface area (Å²) in [5, 5.41) is 9.44. The maximum Gasteiger partial charge on any atom is 0.233 e. The first-order valence-electron chi connectivity index (χ1n) is 9.68. The van der Waals surface area contributed by atoms with E-state index in [-0.39, 0.29) is 5.91 Å². The zero-order valence-electron chi connectivity index (χ0n) is 16.9. The van der Waals surface area contributed by atoms with Crippen molar-refractivity contribution in [2.45, 2.75) is 25.9 Å². The Hall–Kier alpha value is -2.87. The maximum atomic E-state index is 12.5. The molecule has 2 heterocycles. The van der Waals surface area contributed by atoms with E-state index < -0.39 is 0 Å². The van der Waals surface area contributed by atoms with Crippen molar-refractivity contribution in [3.05, 3.63) is 48.8 Å². The summed E-state index contributed by atoms with van der Waals surface area (Å²) < 4.78 is 7.78. The van der Waals surface area contributed by atoms with E-state index in [0.717, 1.165) is 17.0 Å². The van der Waals surface area contributed by atoms with Gasteiger partial charge in [0, 0.05) is 31.0 Å². The molecular formula is C21H25N5O2S. The quantitative estimate of drug-likeness (QED) is 0.500. The third-order valence-electron chi connectivity index (χ3n) is 4.42. The monoisotopic (exact) mass is 411 g/mol. The van der Waals surface area contributed by atoms with Gasteiger partial charge in [-0.25, -0.2) is 0 Å². The van der Waals surface area contributed by atoms with E-state index in [2.05, 4.69) is 15.2 Å². The Kier molecular flexibility index (Phi) is 7.24. The van der Waals surface area contributed by atoms with E-state index in [0.29, 0.717) is 36.4 Å². The van der Waals surface area contributed by atoms with Crippen molar-refractivity contribution >= 4 is 17.7 Å². The molecule has 3 aromatic rings. The number of ether oxygens (including phenoxy) is 1. The Morgan fingerprint density at radius 3 is 2.48 bits per heavy atom. The number of aromatic nitrogens is 4.